The van der Waals surface area contributed by atoms with Gasteiger partial charge in [0.05, 0.1) is 17.6 Å². The smallest absolute Gasteiger partial charge is 0.291 e. The molecule has 28 heavy (non-hydrogen) atoms. The van der Waals surface area contributed by atoms with Gasteiger partial charge in [0.1, 0.15) is 18.1 Å². The highest BCUT2D eigenvalue weighted by atomic mass is 16.5. The van der Waals surface area contributed by atoms with E-state index in [0.29, 0.717) is 11.4 Å². The van der Waals surface area contributed by atoms with Crippen LogP contribution in [0.5, 0.6) is 5.75 Å². The van der Waals surface area contributed by atoms with Gasteiger partial charge in [-0.3, -0.25) is 9.48 Å². The van der Waals surface area contributed by atoms with Gasteiger partial charge in [-0.25, -0.2) is 0 Å². The second kappa shape index (κ2) is 7.60. The summed E-state index contributed by atoms with van der Waals surface area (Å²) < 4.78 is 13.4. The van der Waals surface area contributed by atoms with Gasteiger partial charge in [0.15, 0.2) is 5.76 Å². The van der Waals surface area contributed by atoms with Crippen molar-refractivity contribution >= 4 is 22.4 Å². The molecule has 1 amide bonds. The van der Waals surface area contributed by atoms with Crippen molar-refractivity contribution in [3.63, 3.8) is 0 Å². The molecule has 2 aromatic heterocycles. The van der Waals surface area contributed by atoms with E-state index < -0.39 is 0 Å². The van der Waals surface area contributed by atoms with Gasteiger partial charge in [-0.05, 0) is 37.4 Å². The average Bonchev–Trinajstić information content (AvgIpc) is 3.33. The molecule has 2 aromatic carbocycles. The molecule has 0 aliphatic rings. The lowest BCUT2D eigenvalue weighted by Crippen LogP contribution is -2.11. The molecule has 0 aliphatic heterocycles. The van der Waals surface area contributed by atoms with Crippen LogP contribution in [0.4, 0.5) is 5.69 Å². The van der Waals surface area contributed by atoms with Crippen LogP contribution in [0.15, 0.2) is 65.2 Å². The van der Waals surface area contributed by atoms with Gasteiger partial charge in [-0.2, -0.15) is 5.10 Å². The van der Waals surface area contributed by atoms with Gasteiger partial charge < -0.3 is 14.5 Å². The van der Waals surface area contributed by atoms with E-state index in [9.17, 15) is 4.79 Å². The summed E-state index contributed by atoms with van der Waals surface area (Å²) in [7, 11) is 0. The van der Waals surface area contributed by atoms with Crippen LogP contribution >= 0.6 is 0 Å². The summed E-state index contributed by atoms with van der Waals surface area (Å²) in [5.74, 6) is 1.29. The topological polar surface area (TPSA) is 69.3 Å². The molecule has 0 unspecified atom stereocenters. The van der Waals surface area contributed by atoms with Gasteiger partial charge in [0, 0.05) is 11.9 Å². The third-order valence-corrected chi connectivity index (χ3v) is 4.66. The third kappa shape index (κ3) is 3.49. The molecule has 2 heterocycles. The number of rotatable bonds is 6. The van der Waals surface area contributed by atoms with Crippen LogP contribution in [0.3, 0.4) is 0 Å². The number of carbonyl (C=O) groups is 1. The SMILES string of the molecule is CCn1ncc(NC(=O)c2ccc(COc3cccc4ccccc34)o2)c1C. The monoisotopic (exact) mass is 375 g/mol. The lowest BCUT2D eigenvalue weighted by molar-refractivity contribution is 0.0992. The van der Waals surface area contributed by atoms with E-state index in [1.165, 1.54) is 0 Å². The Kier molecular flexibility index (Phi) is 4.85. The normalized spacial score (nSPS) is 10.9. The molecular weight excluding hydrogens is 354 g/mol. The van der Waals surface area contributed by atoms with Crippen LogP contribution < -0.4 is 10.1 Å². The number of furan rings is 1. The lowest BCUT2D eigenvalue weighted by atomic mass is 10.1. The Bertz CT molecular complexity index is 1120. The molecule has 0 saturated heterocycles. The van der Waals surface area contributed by atoms with E-state index in [0.717, 1.165) is 28.8 Å². The van der Waals surface area contributed by atoms with E-state index in [1.807, 2.05) is 61.0 Å². The van der Waals surface area contributed by atoms with E-state index in [4.69, 9.17) is 9.15 Å². The summed E-state index contributed by atoms with van der Waals surface area (Å²) in [5, 5.41) is 9.21. The molecule has 4 aromatic rings. The molecule has 0 aliphatic carbocycles. The number of hydrogen-bond donors (Lipinski definition) is 1. The van der Waals surface area contributed by atoms with E-state index in [2.05, 4.69) is 10.4 Å². The number of carbonyl (C=O) groups excluding carboxylic acids is 1. The molecule has 0 bridgehead atoms. The molecule has 1 N–H and O–H groups in total. The predicted octanol–water partition coefficient (Wildman–Crippen LogP) is 4.79. The van der Waals surface area contributed by atoms with Crippen molar-refractivity contribution in [3.05, 3.63) is 78.0 Å². The Morgan fingerprint density at radius 1 is 1.14 bits per heavy atom. The number of amides is 1. The second-order valence-corrected chi connectivity index (χ2v) is 6.45. The molecule has 0 radical (unpaired) electrons. The highest BCUT2D eigenvalue weighted by Crippen LogP contribution is 2.26. The first-order valence-electron chi connectivity index (χ1n) is 9.18. The van der Waals surface area contributed by atoms with Crippen LogP contribution in [-0.2, 0) is 13.2 Å². The number of aryl methyl sites for hydroxylation is 1. The first-order chi connectivity index (χ1) is 13.7. The third-order valence-electron chi connectivity index (χ3n) is 4.66. The minimum Gasteiger partial charge on any atom is -0.485 e. The van der Waals surface area contributed by atoms with Gasteiger partial charge in [0.2, 0.25) is 0 Å². The minimum atomic E-state index is -0.310. The highest BCUT2D eigenvalue weighted by molar-refractivity contribution is 6.02. The molecule has 0 fully saturated rings. The Morgan fingerprint density at radius 2 is 1.96 bits per heavy atom. The zero-order chi connectivity index (χ0) is 19.5. The number of nitrogens with zero attached hydrogens (tertiary/aromatic N) is 2. The summed E-state index contributed by atoms with van der Waals surface area (Å²) >= 11 is 0. The van der Waals surface area contributed by atoms with Crippen LogP contribution in [-0.4, -0.2) is 15.7 Å². The quantitative estimate of drug-likeness (QED) is 0.526. The van der Waals surface area contributed by atoms with Crippen LogP contribution in [0.1, 0.15) is 28.9 Å². The van der Waals surface area contributed by atoms with Crippen LogP contribution in [0, 0.1) is 6.92 Å². The van der Waals surface area contributed by atoms with Crippen molar-refractivity contribution in [2.75, 3.05) is 5.32 Å². The number of aromatic nitrogens is 2. The molecule has 6 nitrogen and oxygen atoms in total. The second-order valence-electron chi connectivity index (χ2n) is 6.45. The molecule has 4 rings (SSSR count). The maximum Gasteiger partial charge on any atom is 0.291 e. The fourth-order valence-corrected chi connectivity index (χ4v) is 3.12. The van der Waals surface area contributed by atoms with Crippen LogP contribution in [0.2, 0.25) is 0 Å². The van der Waals surface area contributed by atoms with Crippen LogP contribution in [0.25, 0.3) is 10.8 Å². The van der Waals surface area contributed by atoms with Gasteiger partial charge in [-0.1, -0.05) is 36.4 Å². The van der Waals surface area contributed by atoms with Gasteiger partial charge in [0.25, 0.3) is 5.91 Å². The Hall–Kier alpha value is -3.54. The van der Waals surface area contributed by atoms with Crippen molar-refractivity contribution in [3.8, 4) is 5.75 Å². The van der Waals surface area contributed by atoms with Gasteiger partial charge in [-0.15, -0.1) is 0 Å². The fourth-order valence-electron chi connectivity index (χ4n) is 3.12. The molecular formula is C22H21N3O3. The Morgan fingerprint density at radius 3 is 2.79 bits per heavy atom. The molecule has 0 saturated carbocycles. The van der Waals surface area contributed by atoms with E-state index >= 15 is 0 Å². The Labute approximate surface area is 162 Å². The number of hydrogen-bond acceptors (Lipinski definition) is 4. The largest absolute Gasteiger partial charge is 0.485 e. The molecule has 142 valence electrons. The predicted molar refractivity (Wildman–Crippen MR) is 108 cm³/mol. The van der Waals surface area contributed by atoms with Crippen molar-refractivity contribution in [1.82, 2.24) is 9.78 Å². The molecule has 0 spiro atoms. The summed E-state index contributed by atoms with van der Waals surface area (Å²) in [6.07, 6.45) is 1.64. The zero-order valence-corrected chi connectivity index (χ0v) is 15.8. The number of ether oxygens (including phenoxy) is 1. The van der Waals surface area contributed by atoms with Crippen molar-refractivity contribution in [1.29, 1.82) is 0 Å². The summed E-state index contributed by atoms with van der Waals surface area (Å²) in [4.78, 5) is 12.4. The molecule has 6 heteroatoms. The highest BCUT2D eigenvalue weighted by Gasteiger charge is 2.15. The number of anilines is 1. The first-order valence-corrected chi connectivity index (χ1v) is 9.18. The summed E-state index contributed by atoms with van der Waals surface area (Å²) in [5.41, 5.74) is 1.58. The van der Waals surface area contributed by atoms with Crippen molar-refractivity contribution < 1.29 is 13.9 Å². The maximum atomic E-state index is 12.4. The lowest BCUT2D eigenvalue weighted by Gasteiger charge is -2.08. The Balaban J connectivity index is 1.44. The zero-order valence-electron chi connectivity index (χ0n) is 15.8. The fraction of sp³-hybridized carbons (Fsp3) is 0.182. The van der Waals surface area contributed by atoms with Gasteiger partial charge >= 0.3 is 0 Å². The van der Waals surface area contributed by atoms with E-state index in [-0.39, 0.29) is 18.3 Å². The number of benzene rings is 2. The first kappa shape index (κ1) is 17.9. The molecule has 0 atom stereocenters. The maximum absolute atomic E-state index is 12.4. The number of fused-ring (bicyclic) bond motifs is 1. The minimum absolute atomic E-state index is 0.236. The van der Waals surface area contributed by atoms with E-state index in [1.54, 1.807) is 18.3 Å². The summed E-state index contributed by atoms with van der Waals surface area (Å²) in [6, 6.07) is 17.4. The average molecular weight is 375 g/mol. The van der Waals surface area contributed by atoms with Crippen molar-refractivity contribution in [2.24, 2.45) is 0 Å². The summed E-state index contributed by atoms with van der Waals surface area (Å²) in [6.45, 7) is 4.91. The van der Waals surface area contributed by atoms with Crippen molar-refractivity contribution in [2.45, 2.75) is 27.0 Å². The number of nitrogens with one attached hydrogen (secondary N) is 1. The standard InChI is InChI=1S/C22H21N3O3/c1-3-25-15(2)19(13-23-25)24-22(26)21-12-11-17(28-21)14-27-20-10-6-8-16-7-4-5-9-18(16)20/h4-13H,3,14H2,1-2H3,(H,24,26).